The van der Waals surface area contributed by atoms with Crippen molar-refractivity contribution in [2.75, 3.05) is 11.9 Å². The van der Waals surface area contributed by atoms with Gasteiger partial charge in [0.1, 0.15) is 11.8 Å². The van der Waals surface area contributed by atoms with Crippen molar-refractivity contribution in [1.82, 2.24) is 0 Å². The maximum absolute atomic E-state index is 11.3. The molecule has 0 fully saturated rings. The molecule has 0 bridgehead atoms. The van der Waals surface area contributed by atoms with E-state index in [-0.39, 0.29) is 12.3 Å². The first-order chi connectivity index (χ1) is 8.08. The van der Waals surface area contributed by atoms with Gasteiger partial charge in [-0.05, 0) is 17.7 Å². The smallest absolute Gasteiger partial charge is 0.325 e. The van der Waals surface area contributed by atoms with Gasteiger partial charge in [-0.15, -0.1) is 0 Å². The van der Waals surface area contributed by atoms with E-state index in [0.717, 1.165) is 0 Å². The van der Waals surface area contributed by atoms with Crippen LogP contribution in [0.4, 0.5) is 5.69 Å². The number of amides is 1. The fourth-order valence-electron chi connectivity index (χ4n) is 1.57. The summed E-state index contributed by atoms with van der Waals surface area (Å²) in [4.78, 5) is 22.1. The Hall–Kier alpha value is -2.08. The Balaban J connectivity index is 2.35. The van der Waals surface area contributed by atoms with Gasteiger partial charge in [-0.25, -0.2) is 0 Å². The summed E-state index contributed by atoms with van der Waals surface area (Å²) in [6.45, 7) is 0.309. The van der Waals surface area contributed by atoms with Gasteiger partial charge in [0.2, 0.25) is 5.91 Å². The highest BCUT2D eigenvalue weighted by Gasteiger charge is 2.19. The number of aliphatic carboxylic acids is 1. The summed E-state index contributed by atoms with van der Waals surface area (Å²) in [6, 6.07) is 3.60. The number of fused-ring (bicyclic) bond motifs is 1. The molecular formula is C11H12N2O4. The van der Waals surface area contributed by atoms with Gasteiger partial charge in [-0.1, -0.05) is 6.07 Å². The normalized spacial score (nSPS) is 16.2. The fraction of sp³-hybridized carbons (Fsp3) is 0.273. The highest BCUT2D eigenvalue weighted by atomic mass is 16.5. The van der Waals surface area contributed by atoms with Gasteiger partial charge < -0.3 is 20.9 Å². The van der Waals surface area contributed by atoms with E-state index in [0.29, 0.717) is 23.6 Å². The van der Waals surface area contributed by atoms with Crippen LogP contribution in [0.1, 0.15) is 18.0 Å². The van der Waals surface area contributed by atoms with E-state index in [1.54, 1.807) is 12.1 Å². The minimum atomic E-state index is -1.12. The van der Waals surface area contributed by atoms with E-state index in [1.807, 2.05) is 0 Å². The summed E-state index contributed by atoms with van der Waals surface area (Å²) in [6.07, 6.45) is 0.273. The van der Waals surface area contributed by atoms with Crippen LogP contribution in [0, 0.1) is 0 Å². The lowest BCUT2D eigenvalue weighted by Gasteiger charge is -2.11. The third-order valence-corrected chi connectivity index (χ3v) is 2.49. The van der Waals surface area contributed by atoms with Crippen LogP contribution in [-0.4, -0.2) is 23.6 Å². The van der Waals surface area contributed by atoms with E-state index < -0.39 is 12.0 Å². The molecule has 1 heterocycles. The number of carbonyl (C=O) groups is 2. The number of nitrogens with two attached hydrogens (primary N) is 1. The SMILES string of the molecule is NC(C(=O)O)c1ccc2c(c1)NC(=O)CCO2. The van der Waals surface area contributed by atoms with Crippen molar-refractivity contribution in [2.24, 2.45) is 5.73 Å². The maximum Gasteiger partial charge on any atom is 0.325 e. The maximum atomic E-state index is 11.3. The molecule has 1 atom stereocenters. The zero-order valence-corrected chi connectivity index (χ0v) is 8.97. The van der Waals surface area contributed by atoms with Crippen molar-refractivity contribution < 1.29 is 19.4 Å². The number of hydrogen-bond acceptors (Lipinski definition) is 4. The minimum Gasteiger partial charge on any atom is -0.491 e. The monoisotopic (exact) mass is 236 g/mol. The first kappa shape index (κ1) is 11.4. The average Bonchev–Trinajstić information content (AvgIpc) is 2.47. The first-order valence-corrected chi connectivity index (χ1v) is 5.13. The Morgan fingerprint density at radius 1 is 1.53 bits per heavy atom. The number of carboxylic acid groups (broad SMARTS) is 1. The minimum absolute atomic E-state index is 0.162. The largest absolute Gasteiger partial charge is 0.491 e. The number of rotatable bonds is 2. The number of carboxylic acids is 1. The molecule has 0 aliphatic carbocycles. The van der Waals surface area contributed by atoms with E-state index in [2.05, 4.69) is 5.32 Å². The molecule has 0 radical (unpaired) electrons. The van der Waals surface area contributed by atoms with E-state index in [9.17, 15) is 9.59 Å². The van der Waals surface area contributed by atoms with Gasteiger partial charge in [0.25, 0.3) is 0 Å². The molecule has 1 aromatic carbocycles. The topological polar surface area (TPSA) is 102 Å². The van der Waals surface area contributed by atoms with Crippen molar-refractivity contribution in [2.45, 2.75) is 12.5 Å². The van der Waals surface area contributed by atoms with Crippen LogP contribution in [0.25, 0.3) is 0 Å². The van der Waals surface area contributed by atoms with E-state index in [1.165, 1.54) is 6.07 Å². The summed E-state index contributed by atoms with van der Waals surface area (Å²) in [5.74, 6) is -0.757. The molecule has 0 aromatic heterocycles. The number of nitrogens with one attached hydrogen (secondary N) is 1. The van der Waals surface area contributed by atoms with Gasteiger partial charge in [0, 0.05) is 0 Å². The van der Waals surface area contributed by atoms with Gasteiger partial charge in [0.15, 0.2) is 0 Å². The standard InChI is InChI=1S/C11H12N2O4/c12-10(11(15)16)6-1-2-8-7(5-6)13-9(14)3-4-17-8/h1-2,5,10H,3-4,12H2,(H,13,14)(H,15,16). The summed E-state index contributed by atoms with van der Waals surface area (Å²) in [5.41, 5.74) is 6.37. The predicted octanol–water partition coefficient (Wildman–Crippen LogP) is 0.492. The molecule has 4 N–H and O–H groups in total. The molecule has 1 amide bonds. The molecule has 0 saturated carbocycles. The van der Waals surface area contributed by atoms with Crippen LogP contribution >= 0.6 is 0 Å². The lowest BCUT2D eigenvalue weighted by molar-refractivity contribution is -0.138. The summed E-state index contributed by atoms with van der Waals surface area (Å²) < 4.78 is 5.34. The Kier molecular flexibility index (Phi) is 2.97. The van der Waals surface area contributed by atoms with Gasteiger partial charge >= 0.3 is 5.97 Å². The molecule has 6 heteroatoms. The third kappa shape index (κ3) is 2.36. The Bertz CT molecular complexity index is 473. The van der Waals surface area contributed by atoms with Crippen LogP contribution in [0.15, 0.2) is 18.2 Å². The molecule has 6 nitrogen and oxygen atoms in total. The lowest BCUT2D eigenvalue weighted by Crippen LogP contribution is -2.20. The summed E-state index contributed by atoms with van der Waals surface area (Å²) >= 11 is 0. The Morgan fingerprint density at radius 3 is 3.00 bits per heavy atom. The predicted molar refractivity (Wildman–Crippen MR) is 59.7 cm³/mol. The second kappa shape index (κ2) is 4.42. The second-order valence-electron chi connectivity index (χ2n) is 3.72. The first-order valence-electron chi connectivity index (χ1n) is 5.13. The van der Waals surface area contributed by atoms with Crippen LogP contribution < -0.4 is 15.8 Å². The van der Waals surface area contributed by atoms with Gasteiger partial charge in [-0.2, -0.15) is 0 Å². The number of carbonyl (C=O) groups excluding carboxylic acids is 1. The molecule has 0 saturated heterocycles. The average molecular weight is 236 g/mol. The van der Waals surface area contributed by atoms with Gasteiger partial charge in [0.05, 0.1) is 18.7 Å². The molecule has 1 unspecified atom stereocenters. The summed E-state index contributed by atoms with van der Waals surface area (Å²) in [5, 5.41) is 11.4. The van der Waals surface area contributed by atoms with Crippen molar-refractivity contribution >= 4 is 17.6 Å². The van der Waals surface area contributed by atoms with Crippen LogP contribution in [0.2, 0.25) is 0 Å². The molecule has 1 aliphatic heterocycles. The molecule has 17 heavy (non-hydrogen) atoms. The zero-order chi connectivity index (χ0) is 12.4. The third-order valence-electron chi connectivity index (χ3n) is 2.49. The number of anilines is 1. The highest BCUT2D eigenvalue weighted by molar-refractivity contribution is 5.93. The highest BCUT2D eigenvalue weighted by Crippen LogP contribution is 2.29. The number of ether oxygens (including phenoxy) is 1. The molecule has 1 aliphatic rings. The molecule has 1 aromatic rings. The molecule has 2 rings (SSSR count). The van der Waals surface area contributed by atoms with Gasteiger partial charge in [-0.3, -0.25) is 9.59 Å². The number of benzene rings is 1. The van der Waals surface area contributed by atoms with E-state index in [4.69, 9.17) is 15.6 Å². The van der Waals surface area contributed by atoms with Crippen molar-refractivity contribution in [3.8, 4) is 5.75 Å². The quantitative estimate of drug-likeness (QED) is 0.693. The molecular weight excluding hydrogens is 224 g/mol. The van der Waals surface area contributed by atoms with Crippen LogP contribution in [0.3, 0.4) is 0 Å². The Labute approximate surface area is 97.4 Å². The fourth-order valence-corrected chi connectivity index (χ4v) is 1.57. The van der Waals surface area contributed by atoms with Crippen molar-refractivity contribution in [3.63, 3.8) is 0 Å². The van der Waals surface area contributed by atoms with E-state index >= 15 is 0 Å². The van der Waals surface area contributed by atoms with Crippen LogP contribution in [0.5, 0.6) is 5.75 Å². The summed E-state index contributed by atoms with van der Waals surface area (Å²) in [7, 11) is 0. The zero-order valence-electron chi connectivity index (χ0n) is 8.97. The molecule has 90 valence electrons. The lowest BCUT2D eigenvalue weighted by atomic mass is 10.1. The van der Waals surface area contributed by atoms with Crippen molar-refractivity contribution in [3.05, 3.63) is 23.8 Å². The molecule has 0 spiro atoms. The second-order valence-corrected chi connectivity index (χ2v) is 3.72. The van der Waals surface area contributed by atoms with Crippen LogP contribution in [-0.2, 0) is 9.59 Å². The Morgan fingerprint density at radius 2 is 2.29 bits per heavy atom. The van der Waals surface area contributed by atoms with Crippen molar-refractivity contribution in [1.29, 1.82) is 0 Å². The number of hydrogen-bond donors (Lipinski definition) is 3.